The fourth-order valence-electron chi connectivity index (χ4n) is 2.91. The second-order valence-electron chi connectivity index (χ2n) is 5.50. The van der Waals surface area contributed by atoms with Crippen molar-refractivity contribution in [3.05, 3.63) is 57.5 Å². The summed E-state index contributed by atoms with van der Waals surface area (Å²) in [5.41, 5.74) is 0.722. The van der Waals surface area contributed by atoms with Gasteiger partial charge < -0.3 is 19.5 Å². The number of hydrogen-bond donors (Lipinski definition) is 1. The average Bonchev–Trinajstić information content (AvgIpc) is 3.24. The molecule has 0 saturated heterocycles. The molecule has 1 N–H and O–H groups in total. The molecular weight excluding hydrogens is 342 g/mol. The van der Waals surface area contributed by atoms with Crippen molar-refractivity contribution in [3.63, 3.8) is 0 Å². The molecule has 1 atom stereocenters. The highest BCUT2D eigenvalue weighted by atomic mass is 32.1. The molecule has 130 valence electrons. The third-order valence-corrected chi connectivity index (χ3v) is 5.02. The Morgan fingerprint density at radius 1 is 1.20 bits per heavy atom. The van der Waals surface area contributed by atoms with Crippen LogP contribution >= 0.6 is 11.3 Å². The maximum absolute atomic E-state index is 12.8. The van der Waals surface area contributed by atoms with Gasteiger partial charge in [-0.1, -0.05) is 12.1 Å². The summed E-state index contributed by atoms with van der Waals surface area (Å²) in [6.45, 7) is 0. The van der Waals surface area contributed by atoms with Gasteiger partial charge in [-0.15, -0.1) is 11.3 Å². The number of aliphatic hydroxyl groups is 1. The highest BCUT2D eigenvalue weighted by Crippen LogP contribution is 2.41. The van der Waals surface area contributed by atoms with E-state index in [-0.39, 0.29) is 11.4 Å². The number of ether oxygens (including phenoxy) is 2. The topological polar surface area (TPSA) is 76.1 Å². The molecule has 0 radical (unpaired) electrons. The fourth-order valence-corrected chi connectivity index (χ4v) is 3.59. The highest BCUT2D eigenvalue weighted by Gasteiger charge is 2.42. The van der Waals surface area contributed by atoms with Gasteiger partial charge in [-0.2, -0.15) is 0 Å². The molecule has 0 spiro atoms. The van der Waals surface area contributed by atoms with E-state index in [0.717, 1.165) is 0 Å². The summed E-state index contributed by atoms with van der Waals surface area (Å²) in [6, 6.07) is 7.88. The molecule has 25 heavy (non-hydrogen) atoms. The maximum Gasteiger partial charge on any atom is 0.289 e. The largest absolute Gasteiger partial charge is 0.503 e. The summed E-state index contributed by atoms with van der Waals surface area (Å²) in [5, 5.41) is 12.0. The number of methoxy groups -OCH3 is 2. The van der Waals surface area contributed by atoms with E-state index in [1.807, 2.05) is 0 Å². The van der Waals surface area contributed by atoms with Gasteiger partial charge in [0.05, 0.1) is 30.7 Å². The number of nitrogens with zero attached hydrogens (tertiary/aromatic N) is 1. The SMILES string of the molecule is COc1ccc(C2C(C(=O)c3cccs3)=C(O)C(=O)N2C)cc1OC. The van der Waals surface area contributed by atoms with Gasteiger partial charge in [-0.05, 0) is 29.1 Å². The van der Waals surface area contributed by atoms with Crippen LogP contribution in [0.5, 0.6) is 11.5 Å². The molecular formula is C18H17NO5S. The van der Waals surface area contributed by atoms with Gasteiger partial charge in [0.2, 0.25) is 5.78 Å². The molecule has 6 nitrogen and oxygen atoms in total. The Labute approximate surface area is 148 Å². The van der Waals surface area contributed by atoms with Gasteiger partial charge in [0.25, 0.3) is 5.91 Å². The summed E-state index contributed by atoms with van der Waals surface area (Å²) in [6.07, 6.45) is 0. The lowest BCUT2D eigenvalue weighted by Gasteiger charge is -2.23. The Hall–Kier alpha value is -2.80. The van der Waals surface area contributed by atoms with Gasteiger partial charge in [0.1, 0.15) is 0 Å². The molecule has 1 aromatic heterocycles. The molecule has 2 heterocycles. The van der Waals surface area contributed by atoms with Crippen LogP contribution in [-0.4, -0.2) is 43.0 Å². The van der Waals surface area contributed by atoms with Crippen molar-refractivity contribution >= 4 is 23.0 Å². The zero-order valence-electron chi connectivity index (χ0n) is 14.0. The van der Waals surface area contributed by atoms with Gasteiger partial charge in [0, 0.05) is 7.05 Å². The van der Waals surface area contributed by atoms with Crippen molar-refractivity contribution in [1.82, 2.24) is 4.90 Å². The first-order valence-electron chi connectivity index (χ1n) is 7.50. The summed E-state index contributed by atoms with van der Waals surface area (Å²) >= 11 is 1.26. The van der Waals surface area contributed by atoms with Gasteiger partial charge in [0.15, 0.2) is 17.3 Å². The van der Waals surface area contributed by atoms with Crippen LogP contribution in [0.15, 0.2) is 47.0 Å². The molecule has 1 aliphatic heterocycles. The number of carbonyl (C=O) groups is 2. The minimum atomic E-state index is -0.693. The first kappa shape index (κ1) is 17.0. The first-order chi connectivity index (χ1) is 12.0. The van der Waals surface area contributed by atoms with Crippen LogP contribution in [0.25, 0.3) is 0 Å². The van der Waals surface area contributed by atoms with Crippen molar-refractivity contribution in [2.45, 2.75) is 6.04 Å². The Morgan fingerprint density at radius 2 is 1.92 bits per heavy atom. The quantitative estimate of drug-likeness (QED) is 0.831. The van der Waals surface area contributed by atoms with Crippen molar-refractivity contribution in [2.24, 2.45) is 0 Å². The maximum atomic E-state index is 12.8. The lowest BCUT2D eigenvalue weighted by molar-refractivity contribution is -0.128. The summed E-state index contributed by atoms with van der Waals surface area (Å²) in [7, 11) is 4.59. The van der Waals surface area contributed by atoms with E-state index in [1.54, 1.807) is 42.8 Å². The minimum Gasteiger partial charge on any atom is -0.503 e. The van der Waals surface area contributed by atoms with Crippen LogP contribution < -0.4 is 9.47 Å². The molecule has 1 amide bonds. The number of Topliss-reactive ketones (excluding diaryl/α,β-unsaturated/α-hetero) is 1. The number of carbonyl (C=O) groups excluding carboxylic acids is 2. The number of aliphatic hydroxyl groups excluding tert-OH is 1. The Kier molecular flexibility index (Phi) is 4.50. The van der Waals surface area contributed by atoms with Crippen LogP contribution in [0.2, 0.25) is 0 Å². The van der Waals surface area contributed by atoms with E-state index >= 15 is 0 Å². The van der Waals surface area contributed by atoms with Crippen LogP contribution in [-0.2, 0) is 4.79 Å². The third-order valence-electron chi connectivity index (χ3n) is 4.15. The predicted octanol–water partition coefficient (Wildman–Crippen LogP) is 2.97. The van der Waals surface area contributed by atoms with Crippen molar-refractivity contribution in [3.8, 4) is 11.5 Å². The molecule has 1 aromatic carbocycles. The minimum absolute atomic E-state index is 0.0715. The lowest BCUT2D eigenvalue weighted by Crippen LogP contribution is -2.26. The number of thiophene rings is 1. The highest BCUT2D eigenvalue weighted by molar-refractivity contribution is 7.12. The standard InChI is InChI=1S/C18H17NO5S/c1-19-15(10-6-7-11(23-2)12(9-10)24-3)14(17(21)18(19)22)16(20)13-5-4-8-25-13/h4-9,15,21H,1-3H3. The van der Waals surface area contributed by atoms with Crippen molar-refractivity contribution in [2.75, 3.05) is 21.3 Å². The summed E-state index contributed by atoms with van der Waals surface area (Å²) < 4.78 is 10.5. The van der Waals surface area contributed by atoms with Crippen LogP contribution in [0.1, 0.15) is 21.3 Å². The van der Waals surface area contributed by atoms with E-state index in [0.29, 0.717) is 21.9 Å². The fraction of sp³-hybridized carbons (Fsp3) is 0.222. The number of amides is 1. The number of benzene rings is 1. The van der Waals surface area contributed by atoms with E-state index in [9.17, 15) is 14.7 Å². The predicted molar refractivity (Wildman–Crippen MR) is 93.4 cm³/mol. The van der Waals surface area contributed by atoms with E-state index in [4.69, 9.17) is 9.47 Å². The first-order valence-corrected chi connectivity index (χ1v) is 8.38. The lowest BCUT2D eigenvalue weighted by atomic mass is 9.95. The molecule has 0 fully saturated rings. The van der Waals surface area contributed by atoms with E-state index < -0.39 is 17.7 Å². The zero-order valence-corrected chi connectivity index (χ0v) is 14.8. The van der Waals surface area contributed by atoms with Gasteiger partial charge >= 0.3 is 0 Å². The monoisotopic (exact) mass is 359 g/mol. The average molecular weight is 359 g/mol. The normalized spacial score (nSPS) is 17.2. The Balaban J connectivity index is 2.10. The number of likely N-dealkylation sites (N-methyl/N-ethyl adjacent to an activating group) is 1. The number of ketones is 1. The van der Waals surface area contributed by atoms with Crippen molar-refractivity contribution in [1.29, 1.82) is 0 Å². The van der Waals surface area contributed by atoms with Crippen LogP contribution in [0.3, 0.4) is 0 Å². The molecule has 3 rings (SSSR count). The van der Waals surface area contributed by atoms with Gasteiger partial charge in [-0.3, -0.25) is 9.59 Å². The summed E-state index contributed by atoms with van der Waals surface area (Å²) in [5.74, 6) is -0.432. The van der Waals surface area contributed by atoms with Gasteiger partial charge in [-0.25, -0.2) is 0 Å². The Bertz CT molecular complexity index is 856. The molecule has 1 aliphatic rings. The van der Waals surface area contributed by atoms with E-state index in [2.05, 4.69) is 0 Å². The second kappa shape index (κ2) is 6.60. The molecule has 0 bridgehead atoms. The summed E-state index contributed by atoms with van der Waals surface area (Å²) in [4.78, 5) is 26.9. The second-order valence-corrected chi connectivity index (χ2v) is 6.45. The molecule has 0 saturated carbocycles. The number of rotatable bonds is 5. The van der Waals surface area contributed by atoms with Crippen molar-refractivity contribution < 1.29 is 24.2 Å². The van der Waals surface area contributed by atoms with E-state index in [1.165, 1.54) is 30.5 Å². The Morgan fingerprint density at radius 3 is 2.52 bits per heavy atom. The molecule has 2 aromatic rings. The molecule has 0 aliphatic carbocycles. The number of hydrogen-bond acceptors (Lipinski definition) is 6. The smallest absolute Gasteiger partial charge is 0.289 e. The third kappa shape index (κ3) is 2.76. The zero-order chi connectivity index (χ0) is 18.1. The van der Waals surface area contributed by atoms with Crippen LogP contribution in [0.4, 0.5) is 0 Å². The van der Waals surface area contributed by atoms with Crippen LogP contribution in [0, 0.1) is 0 Å². The molecule has 7 heteroatoms. The molecule has 1 unspecified atom stereocenters.